The van der Waals surface area contributed by atoms with E-state index in [0.717, 1.165) is 24.3 Å². The van der Waals surface area contributed by atoms with Gasteiger partial charge in [-0.25, -0.2) is 6.82 Å². The zero-order valence-electron chi connectivity index (χ0n) is 18.6. The molecule has 5 radical (unpaired) electrons. The Morgan fingerprint density at radius 2 is 0.914 bits per heavy atom. The van der Waals surface area contributed by atoms with E-state index in [1.54, 1.807) is 0 Å². The molecule has 4 rings (SSSR count). The van der Waals surface area contributed by atoms with Gasteiger partial charge >= 0.3 is 38.6 Å². The van der Waals surface area contributed by atoms with Crippen LogP contribution in [0, 0.1) is 32.1 Å². The van der Waals surface area contributed by atoms with Crippen LogP contribution in [0.5, 0.6) is 11.5 Å². The van der Waals surface area contributed by atoms with Gasteiger partial charge in [0.05, 0.1) is 11.1 Å². The number of phenolic OH excluding ortho intramolecular Hbond substituents is 2. The molecule has 0 unspecified atom stereocenters. The summed E-state index contributed by atoms with van der Waals surface area (Å²) < 4.78 is 71.1. The second-order valence-corrected chi connectivity index (χ2v) is 6.88. The van der Waals surface area contributed by atoms with Crippen LogP contribution in [0.1, 0.15) is 11.1 Å². The molecule has 1 aliphatic rings. The van der Waals surface area contributed by atoms with Gasteiger partial charge in [0, 0.05) is 0 Å². The number of rotatable bonds is 0. The average Bonchev–Trinajstić information content (AvgIpc) is 3.34. The van der Waals surface area contributed by atoms with Crippen molar-refractivity contribution in [3.8, 4) is 11.5 Å². The van der Waals surface area contributed by atoms with Gasteiger partial charge in [-0.2, -0.15) is 26.3 Å². The van der Waals surface area contributed by atoms with E-state index in [2.05, 4.69) is 30.9 Å². The van der Waals surface area contributed by atoms with Crippen molar-refractivity contribution in [3.05, 3.63) is 122 Å². The zero-order valence-corrected chi connectivity index (χ0v) is 21.1. The van der Waals surface area contributed by atoms with Crippen LogP contribution in [0.4, 0.5) is 26.3 Å². The third-order valence-electron chi connectivity index (χ3n) is 3.95. The Kier molecular flexibility index (Phi) is 15.6. The molecule has 3 aromatic rings. The molecule has 2 N–H and O–H groups in total. The second-order valence-electron chi connectivity index (χ2n) is 6.88. The Bertz CT molecular complexity index is 899. The molecule has 0 amide bonds. The largest absolute Gasteiger partial charge is 2.00 e. The molecule has 1 saturated carbocycles. The van der Waals surface area contributed by atoms with Crippen molar-refractivity contribution in [2.45, 2.75) is 12.4 Å². The van der Waals surface area contributed by atoms with Gasteiger partial charge in [0.1, 0.15) is 11.5 Å². The minimum absolute atomic E-state index is 0. The Hall–Kier alpha value is -2.08. The van der Waals surface area contributed by atoms with Crippen LogP contribution in [0.3, 0.4) is 0 Å². The van der Waals surface area contributed by atoms with E-state index < -0.39 is 23.5 Å². The summed E-state index contributed by atoms with van der Waals surface area (Å²) in [5.41, 5.74) is -1.67. The molecule has 1 aliphatic carbocycles. The normalized spacial score (nSPS) is 12.4. The van der Waals surface area contributed by atoms with Crippen molar-refractivity contribution >= 4 is 6.34 Å². The maximum Gasteiger partial charge on any atom is 2.00 e. The smallest absolute Gasteiger partial charge is 0.508 e. The van der Waals surface area contributed by atoms with Gasteiger partial charge in [-0.05, 0) is 68.5 Å². The van der Waals surface area contributed by atoms with Crippen molar-refractivity contribution in [1.82, 2.24) is 0 Å². The molecular formula is C25H23BF6O2Zr+. The molecular weight excluding hydrogens is 548 g/mol. The molecule has 0 aliphatic heterocycles. The van der Waals surface area contributed by atoms with Crippen molar-refractivity contribution in [2.75, 3.05) is 0 Å². The summed E-state index contributed by atoms with van der Waals surface area (Å²) in [6.45, 7) is 2.17. The van der Waals surface area contributed by atoms with Gasteiger partial charge < -0.3 is 10.2 Å². The van der Waals surface area contributed by atoms with Crippen molar-refractivity contribution in [2.24, 2.45) is 6.82 Å². The maximum absolute atomic E-state index is 11.9. The van der Waals surface area contributed by atoms with E-state index in [4.69, 9.17) is 10.2 Å². The van der Waals surface area contributed by atoms with Gasteiger partial charge in [-0.1, -0.05) is 18.2 Å². The topological polar surface area (TPSA) is 40.5 Å². The molecule has 1 fully saturated rings. The summed E-state index contributed by atoms with van der Waals surface area (Å²) in [6, 6.07) is 14.0. The molecule has 10 heteroatoms. The fraction of sp³-hybridized carbons (Fsp3) is 0.120. The van der Waals surface area contributed by atoms with Crippen molar-refractivity contribution < 1.29 is 62.8 Å². The Labute approximate surface area is 221 Å². The van der Waals surface area contributed by atoms with Gasteiger partial charge in [0.15, 0.2) is 0 Å². The second kappa shape index (κ2) is 16.6. The number of benzene rings is 2. The van der Waals surface area contributed by atoms with E-state index >= 15 is 0 Å². The fourth-order valence-electron chi connectivity index (χ4n) is 2.29. The van der Waals surface area contributed by atoms with Crippen LogP contribution in [0.25, 0.3) is 0 Å². The van der Waals surface area contributed by atoms with E-state index in [-0.39, 0.29) is 37.7 Å². The molecule has 1 heterocycles. The number of aryl methyl sites for hydroxylation is 1. The van der Waals surface area contributed by atoms with Gasteiger partial charge in [0.2, 0.25) is 0 Å². The Morgan fingerprint density at radius 1 is 0.571 bits per heavy atom. The summed E-state index contributed by atoms with van der Waals surface area (Å²) in [5, 5.41) is 17.4. The molecule has 1 aromatic heterocycles. The summed E-state index contributed by atoms with van der Waals surface area (Å²) >= 11 is 0. The SMILES string of the molecule is C[b-]1ccccc1.Oc1cccc(C(F)(F)F)c1.Oc1cccc(C(F)(F)F)c1.[CH]1[CH][CH][CH][CH]1.[Zr+2]. The summed E-state index contributed by atoms with van der Waals surface area (Å²) in [4.78, 5) is 0. The van der Waals surface area contributed by atoms with Crippen molar-refractivity contribution in [3.63, 3.8) is 0 Å². The first-order valence-corrected chi connectivity index (χ1v) is 9.97. The first-order chi connectivity index (χ1) is 15.9. The molecule has 0 atom stereocenters. The number of hydrogen-bond donors (Lipinski definition) is 2. The number of halogens is 6. The summed E-state index contributed by atoms with van der Waals surface area (Å²) in [7, 11) is 0. The molecule has 183 valence electrons. The van der Waals surface area contributed by atoms with Crippen molar-refractivity contribution in [1.29, 1.82) is 0 Å². The van der Waals surface area contributed by atoms with E-state index in [1.165, 1.54) is 12.1 Å². The van der Waals surface area contributed by atoms with Crippen LogP contribution in [-0.4, -0.2) is 16.6 Å². The molecule has 2 aromatic carbocycles. The van der Waals surface area contributed by atoms with Crippen LogP contribution in [-0.2, 0) is 45.4 Å². The predicted octanol–water partition coefficient (Wildman–Crippen LogP) is 7.09. The average molecular weight is 571 g/mol. The number of phenols is 2. The minimum Gasteiger partial charge on any atom is -0.508 e. The molecule has 0 spiro atoms. The van der Waals surface area contributed by atoms with Crippen LogP contribution >= 0.6 is 0 Å². The maximum atomic E-state index is 11.9. The molecule has 0 bridgehead atoms. The third kappa shape index (κ3) is 15.5. The third-order valence-corrected chi connectivity index (χ3v) is 3.95. The Morgan fingerprint density at radius 3 is 1.11 bits per heavy atom. The predicted molar refractivity (Wildman–Crippen MR) is 121 cm³/mol. The fourth-order valence-corrected chi connectivity index (χ4v) is 2.29. The monoisotopic (exact) mass is 570 g/mol. The zero-order chi connectivity index (χ0) is 25.6. The number of hydrogen-bond acceptors (Lipinski definition) is 2. The minimum atomic E-state index is -4.38. The first kappa shape index (κ1) is 32.9. The van der Waals surface area contributed by atoms with E-state index in [1.807, 2.05) is 38.2 Å². The molecule has 35 heavy (non-hydrogen) atoms. The van der Waals surface area contributed by atoms with Gasteiger partial charge in [0.25, 0.3) is 0 Å². The summed E-state index contributed by atoms with van der Waals surface area (Å²) in [5.74, 6) is 3.58. The number of aromatic hydroxyl groups is 2. The van der Waals surface area contributed by atoms with Crippen LogP contribution < -0.4 is 0 Å². The summed E-state index contributed by atoms with van der Waals surface area (Å²) in [6.07, 6.45) is 1.89. The van der Waals surface area contributed by atoms with Crippen LogP contribution in [0.15, 0.2) is 78.7 Å². The Balaban J connectivity index is 0.000000453. The van der Waals surface area contributed by atoms with E-state index in [0.29, 0.717) is 18.5 Å². The van der Waals surface area contributed by atoms with E-state index in [9.17, 15) is 26.3 Å². The van der Waals surface area contributed by atoms with Gasteiger partial charge in [-0.15, -0.1) is 18.5 Å². The van der Waals surface area contributed by atoms with Gasteiger partial charge in [-0.3, -0.25) is 11.9 Å². The van der Waals surface area contributed by atoms with Crippen LogP contribution in [0.2, 0.25) is 0 Å². The molecule has 0 saturated heterocycles. The quantitative estimate of drug-likeness (QED) is 0.283. The number of alkyl halides is 6. The molecule has 2 nitrogen and oxygen atoms in total. The standard InChI is InChI=1S/2C7H5F3O.C6H8B.C5H5.Zr/c2*8-7(9,10)5-2-1-3-6(11)4-5;1-7-5-3-2-4-6-7;1-2-4-5-3-1;/h2*1-4,11H;2-6H,1H3;1-5H;/q;;-1;;+2. The first-order valence-electron chi connectivity index (χ1n) is 9.97.